The first kappa shape index (κ1) is 15.5. The van der Waals surface area contributed by atoms with E-state index >= 15 is 0 Å². The second kappa shape index (κ2) is 6.78. The first-order valence-electron chi connectivity index (χ1n) is 7.32. The number of piperazine rings is 1. The average Bonchev–Trinajstić information content (AvgIpc) is 2.93. The number of rotatable bonds is 3. The van der Waals surface area contributed by atoms with Crippen molar-refractivity contribution in [1.82, 2.24) is 15.0 Å². The summed E-state index contributed by atoms with van der Waals surface area (Å²) in [5.41, 5.74) is 1.70. The van der Waals surface area contributed by atoms with Gasteiger partial charge in [0.15, 0.2) is 5.76 Å². The Hall–Kier alpha value is -1.41. The Morgan fingerprint density at radius 3 is 2.64 bits per heavy atom. The number of carbonyl (C=O) groups is 1. The fourth-order valence-electron chi connectivity index (χ4n) is 2.63. The van der Waals surface area contributed by atoms with Crippen molar-refractivity contribution in [3.8, 4) is 0 Å². The van der Waals surface area contributed by atoms with Crippen LogP contribution in [-0.2, 0) is 6.54 Å². The lowest BCUT2D eigenvalue weighted by Crippen LogP contribution is -2.48. The van der Waals surface area contributed by atoms with Crippen LogP contribution in [0.25, 0.3) is 0 Å². The summed E-state index contributed by atoms with van der Waals surface area (Å²) in [4.78, 5) is 16.8. The summed E-state index contributed by atoms with van der Waals surface area (Å²) in [6, 6.07) is 9.70. The van der Waals surface area contributed by atoms with E-state index in [2.05, 4.69) is 32.6 Å². The molecule has 0 aliphatic carbocycles. The van der Waals surface area contributed by atoms with Gasteiger partial charge in [-0.15, -0.1) is 0 Å². The number of carbonyl (C=O) groups excluding carboxylic acids is 1. The molecule has 0 spiro atoms. The average molecular weight is 411 g/mol. The van der Waals surface area contributed by atoms with Crippen molar-refractivity contribution in [1.29, 1.82) is 0 Å². The van der Waals surface area contributed by atoms with Crippen molar-refractivity contribution in [2.45, 2.75) is 13.5 Å². The zero-order valence-electron chi connectivity index (χ0n) is 12.5. The van der Waals surface area contributed by atoms with E-state index in [0.717, 1.165) is 53.3 Å². The van der Waals surface area contributed by atoms with Crippen molar-refractivity contribution in [3.63, 3.8) is 0 Å². The quantitative estimate of drug-likeness (QED) is 0.729. The molecule has 2 heterocycles. The van der Waals surface area contributed by atoms with Gasteiger partial charge in [0.25, 0.3) is 5.91 Å². The number of amides is 1. The van der Waals surface area contributed by atoms with Crippen molar-refractivity contribution in [3.05, 3.63) is 50.9 Å². The lowest BCUT2D eigenvalue weighted by molar-refractivity contribution is 0.0616. The minimum absolute atomic E-state index is 0.125. The van der Waals surface area contributed by atoms with Gasteiger partial charge < -0.3 is 9.42 Å². The minimum atomic E-state index is 0.125. The summed E-state index contributed by atoms with van der Waals surface area (Å²) in [5.74, 6) is 1.01. The normalized spacial score (nSPS) is 16.0. The Morgan fingerprint density at radius 1 is 1.27 bits per heavy atom. The highest BCUT2D eigenvalue weighted by molar-refractivity contribution is 14.1. The lowest BCUT2D eigenvalue weighted by atomic mass is 10.2. The number of halogens is 1. The van der Waals surface area contributed by atoms with Gasteiger partial charge in [0.2, 0.25) is 0 Å². The van der Waals surface area contributed by atoms with Gasteiger partial charge in [0, 0.05) is 35.8 Å². The van der Waals surface area contributed by atoms with E-state index in [9.17, 15) is 4.79 Å². The summed E-state index contributed by atoms with van der Waals surface area (Å²) in [6.07, 6.45) is 0. The summed E-state index contributed by atoms with van der Waals surface area (Å²) in [5, 5.41) is 3.91. The van der Waals surface area contributed by atoms with Gasteiger partial charge >= 0.3 is 0 Å². The molecule has 3 rings (SSSR count). The van der Waals surface area contributed by atoms with Gasteiger partial charge in [-0.3, -0.25) is 9.69 Å². The van der Waals surface area contributed by atoms with E-state index in [0.29, 0.717) is 0 Å². The van der Waals surface area contributed by atoms with Crippen LogP contribution >= 0.6 is 22.6 Å². The van der Waals surface area contributed by atoms with Crippen molar-refractivity contribution >= 4 is 28.5 Å². The number of benzene rings is 1. The van der Waals surface area contributed by atoms with Crippen LogP contribution in [0.1, 0.15) is 21.8 Å². The summed E-state index contributed by atoms with van der Waals surface area (Å²) < 4.78 is 6.26. The second-order valence-corrected chi connectivity index (χ2v) is 6.64. The Morgan fingerprint density at radius 2 is 2.00 bits per heavy atom. The molecule has 1 saturated heterocycles. The molecule has 1 aromatic carbocycles. The molecule has 1 aromatic heterocycles. The minimum Gasteiger partial charge on any atom is -0.360 e. The Kier molecular flexibility index (Phi) is 4.77. The first-order chi connectivity index (χ1) is 10.6. The molecule has 6 heteroatoms. The third-order valence-corrected chi connectivity index (χ3v) is 4.76. The second-order valence-electron chi connectivity index (χ2n) is 5.48. The Bertz CT molecular complexity index is 663. The highest BCUT2D eigenvalue weighted by Crippen LogP contribution is 2.16. The Balaban J connectivity index is 1.57. The standard InChI is InChI=1S/C16H18IN3O2/c1-12-10-13(22-18-12)11-19-6-8-20(9-7-19)16(21)14-4-2-3-5-15(14)17/h2-5,10H,6-9,11H2,1H3. The molecule has 0 unspecified atom stereocenters. The van der Waals surface area contributed by atoms with Crippen LogP contribution < -0.4 is 0 Å². The number of nitrogens with zero attached hydrogens (tertiary/aromatic N) is 3. The van der Waals surface area contributed by atoms with Crippen LogP contribution in [-0.4, -0.2) is 47.0 Å². The van der Waals surface area contributed by atoms with Crippen LogP contribution in [0.3, 0.4) is 0 Å². The number of hydrogen-bond acceptors (Lipinski definition) is 4. The van der Waals surface area contributed by atoms with Gasteiger partial charge in [-0.25, -0.2) is 0 Å². The molecule has 0 radical (unpaired) electrons. The van der Waals surface area contributed by atoms with E-state index in [-0.39, 0.29) is 5.91 Å². The van der Waals surface area contributed by atoms with Gasteiger partial charge in [0.1, 0.15) is 0 Å². The smallest absolute Gasteiger partial charge is 0.255 e. The largest absolute Gasteiger partial charge is 0.360 e. The van der Waals surface area contributed by atoms with Gasteiger partial charge in [0.05, 0.1) is 17.8 Å². The van der Waals surface area contributed by atoms with E-state index in [1.165, 1.54) is 0 Å². The van der Waals surface area contributed by atoms with E-state index < -0.39 is 0 Å². The van der Waals surface area contributed by atoms with Gasteiger partial charge in [-0.2, -0.15) is 0 Å². The van der Waals surface area contributed by atoms with Crippen molar-refractivity contribution < 1.29 is 9.32 Å². The summed E-state index contributed by atoms with van der Waals surface area (Å²) >= 11 is 2.22. The van der Waals surface area contributed by atoms with Gasteiger partial charge in [-0.1, -0.05) is 17.3 Å². The lowest BCUT2D eigenvalue weighted by Gasteiger charge is -2.34. The van der Waals surface area contributed by atoms with Crippen LogP contribution in [0.5, 0.6) is 0 Å². The molecule has 116 valence electrons. The molecule has 0 saturated carbocycles. The molecule has 2 aromatic rings. The molecule has 0 N–H and O–H groups in total. The number of aromatic nitrogens is 1. The third-order valence-electron chi connectivity index (χ3n) is 3.82. The van der Waals surface area contributed by atoms with Crippen LogP contribution in [0.15, 0.2) is 34.9 Å². The zero-order valence-corrected chi connectivity index (χ0v) is 14.6. The van der Waals surface area contributed by atoms with Crippen LogP contribution in [0.2, 0.25) is 0 Å². The summed E-state index contributed by atoms with van der Waals surface area (Å²) in [6.45, 7) is 5.88. The van der Waals surface area contributed by atoms with Gasteiger partial charge in [-0.05, 0) is 41.6 Å². The maximum absolute atomic E-state index is 12.6. The van der Waals surface area contributed by atoms with Crippen molar-refractivity contribution in [2.24, 2.45) is 0 Å². The van der Waals surface area contributed by atoms with E-state index in [1.54, 1.807) is 0 Å². The highest BCUT2D eigenvalue weighted by atomic mass is 127. The molecule has 1 aliphatic heterocycles. The molecule has 22 heavy (non-hydrogen) atoms. The SMILES string of the molecule is Cc1cc(CN2CCN(C(=O)c3ccccc3I)CC2)on1. The molecular formula is C16H18IN3O2. The molecule has 1 amide bonds. The molecule has 0 atom stereocenters. The maximum atomic E-state index is 12.6. The third kappa shape index (κ3) is 3.49. The Labute approximate surface area is 143 Å². The maximum Gasteiger partial charge on any atom is 0.255 e. The number of aryl methyl sites for hydroxylation is 1. The van der Waals surface area contributed by atoms with Crippen LogP contribution in [0.4, 0.5) is 0 Å². The fourth-order valence-corrected chi connectivity index (χ4v) is 3.24. The molecular weight excluding hydrogens is 393 g/mol. The van der Waals surface area contributed by atoms with E-state index in [4.69, 9.17) is 4.52 Å². The predicted molar refractivity (Wildman–Crippen MR) is 91.6 cm³/mol. The molecule has 1 fully saturated rings. The molecule has 0 bridgehead atoms. The fraction of sp³-hybridized carbons (Fsp3) is 0.375. The topological polar surface area (TPSA) is 49.6 Å². The predicted octanol–water partition coefficient (Wildman–Crippen LogP) is 2.55. The highest BCUT2D eigenvalue weighted by Gasteiger charge is 2.23. The van der Waals surface area contributed by atoms with Crippen LogP contribution in [0, 0.1) is 10.5 Å². The zero-order chi connectivity index (χ0) is 15.5. The monoisotopic (exact) mass is 411 g/mol. The molecule has 1 aliphatic rings. The first-order valence-corrected chi connectivity index (χ1v) is 8.40. The number of hydrogen-bond donors (Lipinski definition) is 0. The summed E-state index contributed by atoms with van der Waals surface area (Å²) in [7, 11) is 0. The van der Waals surface area contributed by atoms with E-state index in [1.807, 2.05) is 42.2 Å². The van der Waals surface area contributed by atoms with Crippen molar-refractivity contribution in [2.75, 3.05) is 26.2 Å². The molecule has 5 nitrogen and oxygen atoms in total.